The predicted molar refractivity (Wildman–Crippen MR) is 48.6 cm³/mol. The first kappa shape index (κ1) is 9.68. The van der Waals surface area contributed by atoms with Crippen molar-refractivity contribution in [3.8, 4) is 0 Å². The summed E-state index contributed by atoms with van der Waals surface area (Å²) in [6, 6.07) is 0. The van der Waals surface area contributed by atoms with E-state index in [-0.39, 0.29) is 5.97 Å². The molecule has 1 fully saturated rings. The molecule has 0 aromatic carbocycles. The first-order chi connectivity index (χ1) is 6.73. The van der Waals surface area contributed by atoms with E-state index in [1.54, 1.807) is 0 Å². The Morgan fingerprint density at radius 2 is 2.43 bits per heavy atom. The van der Waals surface area contributed by atoms with Crippen molar-refractivity contribution in [1.82, 2.24) is 0 Å². The van der Waals surface area contributed by atoms with Gasteiger partial charge in [0.25, 0.3) is 0 Å². The Kier molecular flexibility index (Phi) is 2.56. The van der Waals surface area contributed by atoms with E-state index in [0.29, 0.717) is 13.2 Å². The molecule has 78 valence electrons. The van der Waals surface area contributed by atoms with Gasteiger partial charge in [-0.05, 0) is 12.5 Å². The van der Waals surface area contributed by atoms with Crippen LogP contribution < -0.4 is 0 Å². The SMILES string of the molecule is CC(=O)O[C@@H]1C=CCO[C@@]12CCCO2. The molecular weight excluding hydrogens is 184 g/mol. The van der Waals surface area contributed by atoms with Gasteiger partial charge < -0.3 is 14.2 Å². The van der Waals surface area contributed by atoms with Crippen molar-refractivity contribution in [2.45, 2.75) is 31.7 Å². The van der Waals surface area contributed by atoms with Crippen molar-refractivity contribution in [3.63, 3.8) is 0 Å². The smallest absolute Gasteiger partial charge is 0.303 e. The molecule has 0 aromatic heterocycles. The number of carbonyl (C=O) groups is 1. The van der Waals surface area contributed by atoms with Crippen LogP contribution in [0.1, 0.15) is 19.8 Å². The molecule has 2 rings (SSSR count). The summed E-state index contributed by atoms with van der Waals surface area (Å²) in [7, 11) is 0. The van der Waals surface area contributed by atoms with Crippen LogP contribution in [0.25, 0.3) is 0 Å². The van der Waals surface area contributed by atoms with E-state index in [0.717, 1.165) is 12.8 Å². The molecule has 0 amide bonds. The van der Waals surface area contributed by atoms with Gasteiger partial charge >= 0.3 is 5.97 Å². The summed E-state index contributed by atoms with van der Waals surface area (Å²) in [4.78, 5) is 10.9. The molecule has 0 aromatic rings. The normalized spacial score (nSPS) is 36.2. The molecule has 2 aliphatic rings. The maximum atomic E-state index is 10.9. The Balaban J connectivity index is 2.13. The fourth-order valence-corrected chi connectivity index (χ4v) is 1.88. The van der Waals surface area contributed by atoms with Gasteiger partial charge in [-0.2, -0.15) is 0 Å². The molecule has 2 aliphatic heterocycles. The Hall–Kier alpha value is -0.870. The Morgan fingerprint density at radius 3 is 3.07 bits per heavy atom. The Morgan fingerprint density at radius 1 is 1.57 bits per heavy atom. The van der Waals surface area contributed by atoms with E-state index in [1.165, 1.54) is 6.92 Å². The predicted octanol–water partition coefficient (Wildman–Crippen LogP) is 1.01. The van der Waals surface area contributed by atoms with Crippen LogP contribution in [0, 0.1) is 0 Å². The highest BCUT2D eigenvalue weighted by Crippen LogP contribution is 2.34. The average Bonchev–Trinajstić information content (AvgIpc) is 2.58. The van der Waals surface area contributed by atoms with E-state index >= 15 is 0 Å². The molecule has 0 unspecified atom stereocenters. The number of ether oxygens (including phenoxy) is 3. The molecule has 2 heterocycles. The lowest BCUT2D eigenvalue weighted by Gasteiger charge is -2.36. The van der Waals surface area contributed by atoms with Gasteiger partial charge in [0.15, 0.2) is 6.10 Å². The second-order valence-electron chi connectivity index (χ2n) is 3.53. The zero-order valence-electron chi connectivity index (χ0n) is 8.19. The lowest BCUT2D eigenvalue weighted by atomic mass is 10.0. The van der Waals surface area contributed by atoms with Gasteiger partial charge in [-0.25, -0.2) is 0 Å². The lowest BCUT2D eigenvalue weighted by Crippen LogP contribution is -2.47. The number of carbonyl (C=O) groups excluding carboxylic acids is 1. The van der Waals surface area contributed by atoms with Crippen molar-refractivity contribution in [2.24, 2.45) is 0 Å². The molecule has 1 spiro atoms. The van der Waals surface area contributed by atoms with Crippen molar-refractivity contribution in [1.29, 1.82) is 0 Å². The van der Waals surface area contributed by atoms with Crippen LogP contribution in [-0.4, -0.2) is 31.1 Å². The molecule has 1 saturated heterocycles. The van der Waals surface area contributed by atoms with Gasteiger partial charge in [0.05, 0.1) is 13.2 Å². The van der Waals surface area contributed by atoms with Crippen molar-refractivity contribution >= 4 is 5.97 Å². The van der Waals surface area contributed by atoms with E-state index in [4.69, 9.17) is 14.2 Å². The minimum absolute atomic E-state index is 0.306. The molecular formula is C10H14O4. The monoisotopic (exact) mass is 198 g/mol. The van der Waals surface area contributed by atoms with Gasteiger partial charge in [-0.3, -0.25) is 4.79 Å². The highest BCUT2D eigenvalue weighted by molar-refractivity contribution is 5.66. The van der Waals surface area contributed by atoms with E-state index < -0.39 is 11.9 Å². The zero-order chi connectivity index (χ0) is 10.0. The average molecular weight is 198 g/mol. The molecule has 4 nitrogen and oxygen atoms in total. The van der Waals surface area contributed by atoms with E-state index in [2.05, 4.69) is 0 Å². The van der Waals surface area contributed by atoms with Crippen LogP contribution in [0.5, 0.6) is 0 Å². The molecule has 0 bridgehead atoms. The van der Waals surface area contributed by atoms with Crippen LogP contribution in [-0.2, 0) is 19.0 Å². The number of hydrogen-bond donors (Lipinski definition) is 0. The molecule has 14 heavy (non-hydrogen) atoms. The molecule has 2 atom stereocenters. The zero-order valence-corrected chi connectivity index (χ0v) is 8.19. The summed E-state index contributed by atoms with van der Waals surface area (Å²) in [5.41, 5.74) is 0. The van der Waals surface area contributed by atoms with E-state index in [1.807, 2.05) is 12.2 Å². The molecule has 0 radical (unpaired) electrons. The summed E-state index contributed by atoms with van der Waals surface area (Å²) in [5, 5.41) is 0. The quantitative estimate of drug-likeness (QED) is 0.466. The fourth-order valence-electron chi connectivity index (χ4n) is 1.88. The van der Waals surface area contributed by atoms with Crippen LogP contribution >= 0.6 is 0 Å². The van der Waals surface area contributed by atoms with Crippen LogP contribution in [0.2, 0.25) is 0 Å². The Bertz CT molecular complexity index is 253. The highest BCUT2D eigenvalue weighted by Gasteiger charge is 2.46. The highest BCUT2D eigenvalue weighted by atomic mass is 16.7. The summed E-state index contributed by atoms with van der Waals surface area (Å²) in [6.07, 6.45) is 5.04. The summed E-state index contributed by atoms with van der Waals surface area (Å²) >= 11 is 0. The van der Waals surface area contributed by atoms with Gasteiger partial charge in [-0.15, -0.1) is 0 Å². The number of rotatable bonds is 1. The van der Waals surface area contributed by atoms with Crippen LogP contribution in [0.4, 0.5) is 0 Å². The number of hydrogen-bond acceptors (Lipinski definition) is 4. The molecule has 4 heteroatoms. The van der Waals surface area contributed by atoms with Crippen molar-refractivity contribution in [2.75, 3.05) is 13.2 Å². The van der Waals surface area contributed by atoms with Crippen molar-refractivity contribution in [3.05, 3.63) is 12.2 Å². The minimum atomic E-state index is -0.708. The molecule has 0 saturated carbocycles. The van der Waals surface area contributed by atoms with Gasteiger partial charge in [0.2, 0.25) is 5.79 Å². The van der Waals surface area contributed by atoms with Gasteiger partial charge in [0, 0.05) is 13.3 Å². The third kappa shape index (κ3) is 1.67. The topological polar surface area (TPSA) is 44.8 Å². The maximum absolute atomic E-state index is 10.9. The first-order valence-electron chi connectivity index (χ1n) is 4.85. The standard InChI is InChI=1S/C10H14O4/c1-8(11)14-9-4-2-6-12-10(9)5-3-7-13-10/h2,4,9H,3,5-7H2,1H3/t9-,10-/m1/s1. The third-order valence-electron chi connectivity index (χ3n) is 2.48. The largest absolute Gasteiger partial charge is 0.453 e. The molecule has 0 N–H and O–H groups in total. The summed E-state index contributed by atoms with van der Waals surface area (Å²) in [6.45, 7) is 2.59. The fraction of sp³-hybridized carbons (Fsp3) is 0.700. The summed E-state index contributed by atoms with van der Waals surface area (Å²) in [5.74, 6) is -1.01. The van der Waals surface area contributed by atoms with E-state index in [9.17, 15) is 4.79 Å². The second kappa shape index (κ2) is 3.71. The van der Waals surface area contributed by atoms with Gasteiger partial charge in [0.1, 0.15) is 0 Å². The molecule has 0 aliphatic carbocycles. The van der Waals surface area contributed by atoms with Crippen LogP contribution in [0.15, 0.2) is 12.2 Å². The lowest BCUT2D eigenvalue weighted by molar-refractivity contribution is -0.255. The maximum Gasteiger partial charge on any atom is 0.303 e. The number of esters is 1. The van der Waals surface area contributed by atoms with Crippen molar-refractivity contribution < 1.29 is 19.0 Å². The second-order valence-corrected chi connectivity index (χ2v) is 3.53. The Labute approximate surface area is 82.8 Å². The minimum Gasteiger partial charge on any atom is -0.453 e. The van der Waals surface area contributed by atoms with Crippen LogP contribution in [0.3, 0.4) is 0 Å². The van der Waals surface area contributed by atoms with Gasteiger partial charge in [-0.1, -0.05) is 6.08 Å². The summed E-state index contributed by atoms with van der Waals surface area (Å²) < 4.78 is 16.3. The third-order valence-corrected chi connectivity index (χ3v) is 2.48. The first-order valence-corrected chi connectivity index (χ1v) is 4.85.